The lowest BCUT2D eigenvalue weighted by Crippen LogP contribution is -2.28. The van der Waals surface area contributed by atoms with E-state index in [1.165, 1.54) is 89.3 Å². The Morgan fingerprint density at radius 1 is 0.760 bits per heavy atom. The largest absolute Gasteiger partial charge is 0.494 e. The molecule has 0 atom stereocenters. The van der Waals surface area contributed by atoms with Crippen molar-refractivity contribution in [3.63, 3.8) is 0 Å². The van der Waals surface area contributed by atoms with Crippen LogP contribution in [0.25, 0.3) is 0 Å². The van der Waals surface area contributed by atoms with E-state index in [0.717, 1.165) is 24.2 Å². The highest BCUT2D eigenvalue weighted by Gasteiger charge is 2.10. The van der Waals surface area contributed by atoms with E-state index in [2.05, 4.69) is 45.1 Å². The first-order chi connectivity index (χ1) is 12.4. The van der Waals surface area contributed by atoms with Gasteiger partial charge in [-0.25, -0.2) is 0 Å². The fourth-order valence-electron chi connectivity index (χ4n) is 3.51. The molecule has 25 heavy (non-hydrogen) atoms. The number of halogens is 1. The molecule has 3 heteroatoms. The molecule has 2 rings (SSSR count). The Labute approximate surface area is 163 Å². The van der Waals surface area contributed by atoms with Gasteiger partial charge in [0.2, 0.25) is 0 Å². The van der Waals surface area contributed by atoms with Crippen molar-refractivity contribution in [3.8, 4) is 5.75 Å². The first-order valence-electron chi connectivity index (χ1n) is 10.4. The van der Waals surface area contributed by atoms with Crippen LogP contribution in [0.15, 0.2) is 24.3 Å². The number of likely N-dealkylation sites (tertiary alicyclic amines) is 1. The minimum atomic E-state index is 0.856. The average Bonchev–Trinajstić information content (AvgIpc) is 2.65. The van der Waals surface area contributed by atoms with Crippen LogP contribution in [-0.2, 0) is 6.54 Å². The summed E-state index contributed by atoms with van der Waals surface area (Å²) in [6.07, 6.45) is 14.8. The Morgan fingerprint density at radius 3 is 2.00 bits per heavy atom. The highest BCUT2D eigenvalue weighted by atomic mass is 79.9. The Bertz CT molecular complexity index is 428. The van der Waals surface area contributed by atoms with Crippen molar-refractivity contribution in [3.05, 3.63) is 29.8 Å². The first kappa shape index (κ1) is 20.8. The third-order valence-corrected chi connectivity index (χ3v) is 5.64. The van der Waals surface area contributed by atoms with Gasteiger partial charge in [-0.2, -0.15) is 0 Å². The number of unbranched alkanes of at least 4 members (excludes halogenated alkanes) is 7. The zero-order valence-corrected chi connectivity index (χ0v) is 17.4. The van der Waals surface area contributed by atoms with Gasteiger partial charge in [0.25, 0.3) is 0 Å². The van der Waals surface area contributed by atoms with Crippen LogP contribution in [0.1, 0.15) is 76.2 Å². The summed E-state index contributed by atoms with van der Waals surface area (Å²) >= 11 is 3.49. The van der Waals surface area contributed by atoms with Crippen LogP contribution in [-0.4, -0.2) is 29.9 Å². The summed E-state index contributed by atoms with van der Waals surface area (Å²) in [6, 6.07) is 8.75. The second kappa shape index (κ2) is 13.6. The van der Waals surface area contributed by atoms with Crippen LogP contribution in [0.4, 0.5) is 0 Å². The summed E-state index contributed by atoms with van der Waals surface area (Å²) < 4.78 is 5.89. The number of nitrogens with zero attached hydrogens (tertiary/aromatic N) is 1. The normalized spacial score (nSPS) is 15.4. The van der Waals surface area contributed by atoms with Gasteiger partial charge < -0.3 is 4.74 Å². The average molecular weight is 410 g/mol. The molecule has 0 amide bonds. The van der Waals surface area contributed by atoms with Gasteiger partial charge >= 0.3 is 0 Å². The van der Waals surface area contributed by atoms with Crippen LogP contribution in [0.5, 0.6) is 5.75 Å². The summed E-state index contributed by atoms with van der Waals surface area (Å²) in [5, 5.41) is 1.16. The van der Waals surface area contributed by atoms with Crippen molar-refractivity contribution in [2.75, 3.05) is 25.0 Å². The van der Waals surface area contributed by atoms with Crippen LogP contribution in [0, 0.1) is 0 Å². The molecule has 2 nitrogen and oxygen atoms in total. The zero-order valence-electron chi connectivity index (χ0n) is 15.9. The third kappa shape index (κ3) is 9.65. The topological polar surface area (TPSA) is 12.5 Å². The molecule has 0 N–H and O–H groups in total. The molecule has 1 aromatic carbocycles. The van der Waals surface area contributed by atoms with E-state index < -0.39 is 0 Å². The Kier molecular flexibility index (Phi) is 11.3. The number of hydrogen-bond acceptors (Lipinski definition) is 2. The lowest BCUT2D eigenvalue weighted by Gasteiger charge is -2.26. The predicted octanol–water partition coefficient (Wildman–Crippen LogP) is 6.57. The van der Waals surface area contributed by atoms with E-state index >= 15 is 0 Å². The van der Waals surface area contributed by atoms with Gasteiger partial charge in [0.05, 0.1) is 6.61 Å². The number of hydrogen-bond donors (Lipinski definition) is 0. The maximum absolute atomic E-state index is 5.89. The number of ether oxygens (including phenoxy) is 1. The smallest absolute Gasteiger partial charge is 0.119 e. The van der Waals surface area contributed by atoms with Crippen molar-refractivity contribution < 1.29 is 4.74 Å². The summed E-state index contributed by atoms with van der Waals surface area (Å²) in [6.45, 7) is 4.47. The van der Waals surface area contributed by atoms with E-state index in [4.69, 9.17) is 4.74 Å². The van der Waals surface area contributed by atoms with E-state index in [1.54, 1.807) is 0 Å². The van der Waals surface area contributed by atoms with Crippen LogP contribution >= 0.6 is 15.9 Å². The number of rotatable bonds is 13. The fraction of sp³-hybridized carbons (Fsp3) is 0.727. The Hall–Kier alpha value is -0.540. The van der Waals surface area contributed by atoms with Gasteiger partial charge in [-0.15, -0.1) is 0 Å². The molecule has 0 aromatic heterocycles. The molecule has 142 valence electrons. The van der Waals surface area contributed by atoms with Gasteiger partial charge in [-0.05, 0) is 56.5 Å². The number of alkyl halides is 1. The molecule has 0 unspecified atom stereocenters. The van der Waals surface area contributed by atoms with Crippen molar-refractivity contribution in [1.82, 2.24) is 4.90 Å². The van der Waals surface area contributed by atoms with E-state index in [1.807, 2.05) is 0 Å². The minimum absolute atomic E-state index is 0.856. The van der Waals surface area contributed by atoms with Crippen LogP contribution in [0.3, 0.4) is 0 Å². The summed E-state index contributed by atoms with van der Waals surface area (Å²) in [4.78, 5) is 2.57. The second-order valence-corrected chi connectivity index (χ2v) is 8.14. The third-order valence-electron chi connectivity index (χ3n) is 5.07. The summed E-state index contributed by atoms with van der Waals surface area (Å²) in [5.74, 6) is 1.03. The molecule has 1 saturated heterocycles. The van der Waals surface area contributed by atoms with Gasteiger partial charge in [0, 0.05) is 11.9 Å². The molecule has 1 heterocycles. The second-order valence-electron chi connectivity index (χ2n) is 7.35. The van der Waals surface area contributed by atoms with Gasteiger partial charge in [-0.1, -0.05) is 73.0 Å². The standard InChI is InChI=1S/C22H36BrNO/c23-16-8-5-3-1-2-4-6-11-19-25-22-14-12-21(13-15-22)20-24-17-9-7-10-18-24/h12-15H,1-11,16-20H2. The van der Waals surface area contributed by atoms with Gasteiger partial charge in [0.15, 0.2) is 0 Å². The molecule has 0 aliphatic carbocycles. The Morgan fingerprint density at radius 2 is 1.36 bits per heavy atom. The van der Waals surface area contributed by atoms with Crippen molar-refractivity contribution >= 4 is 15.9 Å². The molecule has 1 fully saturated rings. The first-order valence-corrected chi connectivity index (χ1v) is 11.5. The number of benzene rings is 1. The minimum Gasteiger partial charge on any atom is -0.494 e. The van der Waals surface area contributed by atoms with E-state index in [0.29, 0.717) is 0 Å². The Balaban J connectivity index is 1.48. The lowest BCUT2D eigenvalue weighted by atomic mass is 10.1. The molecule has 1 aliphatic heterocycles. The number of piperidine rings is 1. The maximum Gasteiger partial charge on any atom is 0.119 e. The van der Waals surface area contributed by atoms with E-state index in [9.17, 15) is 0 Å². The van der Waals surface area contributed by atoms with Crippen molar-refractivity contribution in [2.45, 2.75) is 77.2 Å². The van der Waals surface area contributed by atoms with Crippen LogP contribution < -0.4 is 4.74 Å². The highest BCUT2D eigenvalue weighted by Crippen LogP contribution is 2.17. The van der Waals surface area contributed by atoms with Crippen LogP contribution in [0.2, 0.25) is 0 Å². The monoisotopic (exact) mass is 409 g/mol. The summed E-state index contributed by atoms with van der Waals surface area (Å²) in [7, 11) is 0. The lowest BCUT2D eigenvalue weighted by molar-refractivity contribution is 0.221. The molecule has 0 bridgehead atoms. The van der Waals surface area contributed by atoms with Crippen molar-refractivity contribution in [1.29, 1.82) is 0 Å². The molecular formula is C22H36BrNO. The molecule has 1 aliphatic rings. The predicted molar refractivity (Wildman–Crippen MR) is 112 cm³/mol. The molecular weight excluding hydrogens is 374 g/mol. The van der Waals surface area contributed by atoms with Gasteiger partial charge in [-0.3, -0.25) is 4.90 Å². The fourth-order valence-corrected chi connectivity index (χ4v) is 3.91. The zero-order chi connectivity index (χ0) is 17.6. The summed E-state index contributed by atoms with van der Waals surface area (Å²) in [5.41, 5.74) is 1.41. The molecule has 0 saturated carbocycles. The molecule has 1 aromatic rings. The SMILES string of the molecule is BrCCCCCCCCCCOc1ccc(CN2CCCCC2)cc1. The van der Waals surface area contributed by atoms with E-state index in [-0.39, 0.29) is 0 Å². The maximum atomic E-state index is 5.89. The highest BCUT2D eigenvalue weighted by molar-refractivity contribution is 9.09. The molecule has 0 radical (unpaired) electrons. The van der Waals surface area contributed by atoms with Crippen molar-refractivity contribution in [2.24, 2.45) is 0 Å². The molecule has 0 spiro atoms. The van der Waals surface area contributed by atoms with Gasteiger partial charge in [0.1, 0.15) is 5.75 Å². The quantitative estimate of drug-likeness (QED) is 0.269.